The predicted molar refractivity (Wildman–Crippen MR) is 65.0 cm³/mol. The quantitative estimate of drug-likeness (QED) is 0.760. The molecule has 0 saturated carbocycles. The molecule has 0 fully saturated rings. The molecule has 0 radical (unpaired) electrons. The summed E-state index contributed by atoms with van der Waals surface area (Å²) in [7, 11) is 0. The van der Waals surface area contributed by atoms with E-state index in [-0.39, 0.29) is 16.9 Å². The van der Waals surface area contributed by atoms with Gasteiger partial charge in [0.25, 0.3) is 0 Å². The second-order valence-electron chi connectivity index (χ2n) is 3.73. The topological polar surface area (TPSA) is 44.2 Å². The Morgan fingerprint density at radius 3 is 2.83 bits per heavy atom. The Hall–Kier alpha value is -1.69. The standard InChI is InChI=1S/C12H8BrFN2O2/c13-12-10(14)11(15-6-16-12)9-5-17-7-3-1-2-4-8(7)18-9/h1-4,6,9H,5H2. The van der Waals surface area contributed by atoms with Gasteiger partial charge < -0.3 is 9.47 Å². The number of aromatic nitrogens is 2. The Kier molecular flexibility index (Phi) is 2.87. The lowest BCUT2D eigenvalue weighted by atomic mass is 10.2. The van der Waals surface area contributed by atoms with Gasteiger partial charge in [-0.3, -0.25) is 0 Å². The van der Waals surface area contributed by atoms with Crippen molar-refractivity contribution >= 4 is 15.9 Å². The lowest BCUT2D eigenvalue weighted by molar-refractivity contribution is 0.0851. The molecule has 0 N–H and O–H groups in total. The van der Waals surface area contributed by atoms with Crippen LogP contribution in [0.15, 0.2) is 35.2 Å². The number of para-hydroxylation sites is 2. The van der Waals surface area contributed by atoms with E-state index in [4.69, 9.17) is 9.47 Å². The van der Waals surface area contributed by atoms with Gasteiger partial charge in [-0.15, -0.1) is 0 Å². The zero-order valence-corrected chi connectivity index (χ0v) is 10.7. The number of nitrogens with zero attached hydrogens (tertiary/aromatic N) is 2. The Morgan fingerprint density at radius 1 is 1.22 bits per heavy atom. The van der Waals surface area contributed by atoms with Crippen LogP contribution >= 0.6 is 15.9 Å². The molecule has 1 aliphatic rings. The van der Waals surface area contributed by atoms with Crippen LogP contribution in [0.25, 0.3) is 0 Å². The van der Waals surface area contributed by atoms with E-state index in [0.29, 0.717) is 11.5 Å². The highest BCUT2D eigenvalue weighted by Crippen LogP contribution is 2.36. The minimum atomic E-state index is -0.570. The number of ether oxygens (including phenoxy) is 2. The first-order valence-corrected chi connectivity index (χ1v) is 6.09. The van der Waals surface area contributed by atoms with Crippen molar-refractivity contribution in [2.75, 3.05) is 6.61 Å². The third-order valence-electron chi connectivity index (χ3n) is 2.59. The van der Waals surface area contributed by atoms with Crippen molar-refractivity contribution in [3.8, 4) is 11.5 Å². The molecule has 4 nitrogen and oxygen atoms in total. The van der Waals surface area contributed by atoms with Gasteiger partial charge in [-0.25, -0.2) is 14.4 Å². The molecule has 1 atom stereocenters. The summed E-state index contributed by atoms with van der Waals surface area (Å²) in [6.45, 7) is 0.220. The van der Waals surface area contributed by atoms with Gasteiger partial charge in [-0.05, 0) is 28.1 Å². The highest BCUT2D eigenvalue weighted by atomic mass is 79.9. The molecular formula is C12H8BrFN2O2. The molecule has 1 unspecified atom stereocenters. The van der Waals surface area contributed by atoms with Crippen molar-refractivity contribution in [1.82, 2.24) is 9.97 Å². The van der Waals surface area contributed by atoms with Gasteiger partial charge >= 0.3 is 0 Å². The summed E-state index contributed by atoms with van der Waals surface area (Å²) in [5.41, 5.74) is 0.186. The second kappa shape index (κ2) is 4.53. The zero-order chi connectivity index (χ0) is 12.5. The van der Waals surface area contributed by atoms with Gasteiger partial charge in [0, 0.05) is 0 Å². The Morgan fingerprint density at radius 2 is 2.00 bits per heavy atom. The minimum absolute atomic E-state index is 0.120. The highest BCUT2D eigenvalue weighted by Gasteiger charge is 2.27. The molecule has 1 aromatic heterocycles. The van der Waals surface area contributed by atoms with Crippen molar-refractivity contribution < 1.29 is 13.9 Å². The summed E-state index contributed by atoms with van der Waals surface area (Å²) in [6.07, 6.45) is 0.714. The van der Waals surface area contributed by atoms with Crippen molar-refractivity contribution in [3.05, 3.63) is 46.7 Å². The molecule has 1 aliphatic heterocycles. The van der Waals surface area contributed by atoms with Crippen LogP contribution < -0.4 is 9.47 Å². The SMILES string of the molecule is Fc1c(Br)ncnc1C1COc2ccccc2O1. The van der Waals surface area contributed by atoms with Gasteiger partial charge in [-0.1, -0.05) is 12.1 Å². The summed E-state index contributed by atoms with van der Waals surface area (Å²) in [4.78, 5) is 7.63. The maximum Gasteiger partial charge on any atom is 0.181 e. The van der Waals surface area contributed by atoms with Crippen LogP contribution in [0.1, 0.15) is 11.8 Å². The molecule has 0 spiro atoms. The lowest BCUT2D eigenvalue weighted by Gasteiger charge is -2.26. The van der Waals surface area contributed by atoms with Crippen molar-refractivity contribution in [2.45, 2.75) is 6.10 Å². The fraction of sp³-hybridized carbons (Fsp3) is 0.167. The summed E-state index contributed by atoms with van der Waals surface area (Å²) in [5.74, 6) is 0.718. The van der Waals surface area contributed by atoms with E-state index in [9.17, 15) is 4.39 Å². The smallest absolute Gasteiger partial charge is 0.181 e. The van der Waals surface area contributed by atoms with Crippen molar-refractivity contribution in [3.63, 3.8) is 0 Å². The summed E-state index contributed by atoms with van der Waals surface area (Å²) in [6, 6.07) is 7.26. The first-order chi connectivity index (χ1) is 8.75. The predicted octanol–water partition coefficient (Wildman–Crippen LogP) is 2.89. The lowest BCUT2D eigenvalue weighted by Crippen LogP contribution is -2.23. The highest BCUT2D eigenvalue weighted by molar-refractivity contribution is 9.10. The number of benzene rings is 1. The van der Waals surface area contributed by atoms with Gasteiger partial charge in [0.1, 0.15) is 23.2 Å². The van der Waals surface area contributed by atoms with Gasteiger partial charge in [-0.2, -0.15) is 0 Å². The van der Waals surface area contributed by atoms with Crippen LogP contribution in [0.2, 0.25) is 0 Å². The third kappa shape index (κ3) is 1.92. The van der Waals surface area contributed by atoms with Crippen LogP contribution in [-0.2, 0) is 0 Å². The van der Waals surface area contributed by atoms with E-state index < -0.39 is 11.9 Å². The molecule has 2 aromatic rings. The van der Waals surface area contributed by atoms with Crippen molar-refractivity contribution in [1.29, 1.82) is 0 Å². The second-order valence-corrected chi connectivity index (χ2v) is 4.48. The van der Waals surface area contributed by atoms with Gasteiger partial charge in [0.2, 0.25) is 0 Å². The molecule has 2 heterocycles. The molecule has 6 heteroatoms. The molecular weight excluding hydrogens is 303 g/mol. The molecule has 18 heavy (non-hydrogen) atoms. The van der Waals surface area contributed by atoms with Crippen LogP contribution in [0.5, 0.6) is 11.5 Å². The molecule has 92 valence electrons. The van der Waals surface area contributed by atoms with Crippen LogP contribution in [-0.4, -0.2) is 16.6 Å². The largest absolute Gasteiger partial charge is 0.485 e. The van der Waals surface area contributed by atoms with Crippen LogP contribution in [0.4, 0.5) is 4.39 Å². The normalized spacial score (nSPS) is 17.6. The maximum absolute atomic E-state index is 13.9. The summed E-state index contributed by atoms with van der Waals surface area (Å²) in [5, 5.41) is 0. The maximum atomic E-state index is 13.9. The first kappa shape index (κ1) is 11.4. The minimum Gasteiger partial charge on any atom is -0.485 e. The average Bonchev–Trinajstić information content (AvgIpc) is 2.41. The molecule has 1 aromatic carbocycles. The monoisotopic (exact) mass is 310 g/mol. The number of hydrogen-bond donors (Lipinski definition) is 0. The van der Waals surface area contributed by atoms with Gasteiger partial charge in [0.05, 0.1) is 0 Å². The number of rotatable bonds is 1. The van der Waals surface area contributed by atoms with Gasteiger partial charge in [0.15, 0.2) is 23.4 Å². The van der Waals surface area contributed by atoms with Crippen LogP contribution in [0.3, 0.4) is 0 Å². The molecule has 0 amide bonds. The molecule has 0 aliphatic carbocycles. The number of fused-ring (bicyclic) bond motifs is 1. The average molecular weight is 311 g/mol. The Labute approximate surface area is 111 Å². The zero-order valence-electron chi connectivity index (χ0n) is 9.14. The third-order valence-corrected chi connectivity index (χ3v) is 3.14. The molecule has 3 rings (SSSR count). The van der Waals surface area contributed by atoms with E-state index in [2.05, 4.69) is 25.9 Å². The fourth-order valence-corrected chi connectivity index (χ4v) is 2.03. The van der Waals surface area contributed by atoms with Crippen molar-refractivity contribution in [2.24, 2.45) is 0 Å². The Bertz CT molecular complexity index is 594. The summed E-state index contributed by atoms with van der Waals surface area (Å²) >= 11 is 3.02. The van der Waals surface area contributed by atoms with E-state index in [1.54, 1.807) is 12.1 Å². The van der Waals surface area contributed by atoms with E-state index in [0.717, 1.165) is 0 Å². The molecule has 0 bridgehead atoms. The van der Waals surface area contributed by atoms with Crippen LogP contribution in [0, 0.1) is 5.82 Å². The van der Waals surface area contributed by atoms with E-state index in [1.165, 1.54) is 6.33 Å². The van der Waals surface area contributed by atoms with E-state index >= 15 is 0 Å². The van der Waals surface area contributed by atoms with E-state index in [1.807, 2.05) is 12.1 Å². The Balaban J connectivity index is 1.94. The number of halogens is 2. The fourth-order valence-electron chi connectivity index (χ4n) is 1.74. The number of hydrogen-bond acceptors (Lipinski definition) is 4. The summed E-state index contributed by atoms with van der Waals surface area (Å²) < 4.78 is 25.2. The first-order valence-electron chi connectivity index (χ1n) is 5.30. The molecule has 0 saturated heterocycles.